The van der Waals surface area contributed by atoms with Crippen molar-refractivity contribution in [3.05, 3.63) is 108 Å². The lowest BCUT2D eigenvalue weighted by molar-refractivity contribution is -0.134. The van der Waals surface area contributed by atoms with E-state index >= 15 is 4.39 Å². The summed E-state index contributed by atoms with van der Waals surface area (Å²) in [5.74, 6) is -0.954. The van der Waals surface area contributed by atoms with Crippen LogP contribution in [-0.4, -0.2) is 68.1 Å². The molecule has 1 saturated heterocycles. The molecule has 57 heavy (non-hydrogen) atoms. The van der Waals surface area contributed by atoms with Crippen molar-refractivity contribution in [1.29, 1.82) is 0 Å². The number of benzene rings is 3. The van der Waals surface area contributed by atoms with Crippen LogP contribution in [0.15, 0.2) is 95.2 Å². The lowest BCUT2D eigenvalue weighted by Gasteiger charge is -2.36. The number of imide groups is 1. The Morgan fingerprint density at radius 1 is 1.05 bits per heavy atom. The third kappa shape index (κ3) is 7.82. The maximum absolute atomic E-state index is 15.5. The molecular weight excluding hydrogens is 754 g/mol. The van der Waals surface area contributed by atoms with Gasteiger partial charge in [-0.1, -0.05) is 24.3 Å². The average molecular weight is 792 g/mol. The van der Waals surface area contributed by atoms with Crippen LogP contribution in [0, 0.1) is 11.7 Å². The summed E-state index contributed by atoms with van der Waals surface area (Å²) in [6, 6.07) is 16.9. The van der Waals surface area contributed by atoms with E-state index in [1.54, 1.807) is 36.7 Å². The van der Waals surface area contributed by atoms with E-state index in [2.05, 4.69) is 41.2 Å². The second kappa shape index (κ2) is 15.2. The maximum atomic E-state index is 15.5. The number of H-pyrrole nitrogens is 1. The summed E-state index contributed by atoms with van der Waals surface area (Å²) in [6.45, 7) is 3.74. The van der Waals surface area contributed by atoms with Gasteiger partial charge in [0.15, 0.2) is 5.75 Å². The molecule has 15 nitrogen and oxygen atoms in total. The summed E-state index contributed by atoms with van der Waals surface area (Å²) in [7, 11) is -4.05. The first-order valence-electron chi connectivity index (χ1n) is 18.5. The van der Waals surface area contributed by atoms with Crippen LogP contribution in [0.5, 0.6) is 5.75 Å². The normalized spacial score (nSPS) is 18.3. The van der Waals surface area contributed by atoms with Crippen LogP contribution in [0.25, 0.3) is 16.9 Å². The molecule has 4 heterocycles. The second-order valence-electron chi connectivity index (χ2n) is 14.5. The minimum atomic E-state index is -4.05. The molecule has 3 amide bonds. The topological polar surface area (TPSA) is 202 Å². The van der Waals surface area contributed by atoms with Crippen LogP contribution in [0.3, 0.4) is 0 Å². The highest BCUT2D eigenvalue weighted by molar-refractivity contribution is 7.91. The molecule has 0 bridgehead atoms. The molecule has 0 spiro atoms. The molecule has 292 valence electrons. The van der Waals surface area contributed by atoms with Crippen LogP contribution in [0.2, 0.25) is 0 Å². The van der Waals surface area contributed by atoms with Gasteiger partial charge in [0.1, 0.15) is 23.9 Å². The van der Waals surface area contributed by atoms with Crippen molar-refractivity contribution >= 4 is 44.8 Å². The van der Waals surface area contributed by atoms with Crippen LogP contribution in [0.4, 0.5) is 16.0 Å². The number of nitrogens with zero attached hydrogens (tertiary/aromatic N) is 5. The van der Waals surface area contributed by atoms with E-state index in [1.807, 2.05) is 32.0 Å². The summed E-state index contributed by atoms with van der Waals surface area (Å²) in [4.78, 5) is 44.9. The predicted octanol–water partition coefficient (Wildman–Crippen LogP) is 5.29. The zero-order chi connectivity index (χ0) is 39.8. The lowest BCUT2D eigenvalue weighted by Crippen LogP contribution is -2.52. The fourth-order valence-corrected chi connectivity index (χ4v) is 8.51. The van der Waals surface area contributed by atoms with E-state index in [0.29, 0.717) is 46.5 Å². The number of hydrogen-bond donors (Lipinski definition) is 4. The van der Waals surface area contributed by atoms with Gasteiger partial charge in [0, 0.05) is 23.7 Å². The number of carbonyl (C=O) groups excluding carboxylic acids is 3. The number of halogens is 1. The molecule has 0 unspecified atom stereocenters. The first kappa shape index (κ1) is 37.4. The largest absolute Gasteiger partial charge is 0.485 e. The van der Waals surface area contributed by atoms with Crippen molar-refractivity contribution in [2.24, 2.45) is 5.92 Å². The Bertz CT molecular complexity index is 2610. The SMILES string of the molecule is CC(C)Oc1c(-c2cn[nH]c2)ncn2nc(Nc3ccc(S(=O)(=O)c4cccc(CC5CC(c6ccc(C(=O)N[C@@H]7CCC(=O)NC7=O)cc6)C5)c4)cc3F)nc12. The van der Waals surface area contributed by atoms with Crippen LogP contribution in [-0.2, 0) is 25.8 Å². The van der Waals surface area contributed by atoms with Crippen molar-refractivity contribution < 1.29 is 31.9 Å². The van der Waals surface area contributed by atoms with Gasteiger partial charge in [-0.2, -0.15) is 14.6 Å². The summed E-state index contributed by atoms with van der Waals surface area (Å²) >= 11 is 0. The van der Waals surface area contributed by atoms with Crippen LogP contribution < -0.4 is 20.7 Å². The van der Waals surface area contributed by atoms with Gasteiger partial charge in [0.2, 0.25) is 33.2 Å². The number of rotatable bonds is 12. The Balaban J connectivity index is 0.897. The summed E-state index contributed by atoms with van der Waals surface area (Å²) in [5.41, 5.74) is 3.91. The zero-order valence-electron chi connectivity index (χ0n) is 30.9. The van der Waals surface area contributed by atoms with E-state index in [-0.39, 0.29) is 52.2 Å². The van der Waals surface area contributed by atoms with E-state index in [9.17, 15) is 22.8 Å². The highest BCUT2D eigenvalue weighted by Crippen LogP contribution is 2.43. The number of ether oxygens (including phenoxy) is 1. The molecule has 3 aromatic carbocycles. The summed E-state index contributed by atoms with van der Waals surface area (Å²) in [6.07, 6.45) is 7.47. The first-order chi connectivity index (χ1) is 27.4. The van der Waals surface area contributed by atoms with Crippen molar-refractivity contribution in [3.63, 3.8) is 0 Å². The fourth-order valence-electron chi connectivity index (χ4n) is 7.17. The molecule has 3 aromatic heterocycles. The highest BCUT2D eigenvalue weighted by Gasteiger charge is 2.32. The van der Waals surface area contributed by atoms with Crippen LogP contribution >= 0.6 is 0 Å². The van der Waals surface area contributed by atoms with Gasteiger partial charge in [0.25, 0.3) is 5.91 Å². The standard InChI is InChI=1S/C40H38FN9O6S/c1-22(2)56-36-35(28-19-43-44-20-28)42-21-50-37(36)48-40(49-50)46-32-11-10-30(18-31(32)41)57(54,55)29-5-3-4-23(17-29)14-24-15-27(16-24)25-6-8-26(9-7-25)38(52)45-33-12-13-34(51)47-39(33)53/h3-11,17-22,24,27,33H,12-16H2,1-2H3,(H,43,44)(H,45,52)(H,46,49)(H,47,51,53)/t24?,27?,33-/m1/s1. The van der Waals surface area contributed by atoms with E-state index < -0.39 is 27.6 Å². The molecule has 4 N–H and O–H groups in total. The molecule has 1 aliphatic heterocycles. The van der Waals surface area contributed by atoms with Gasteiger partial charge in [-0.05, 0) is 105 Å². The van der Waals surface area contributed by atoms with Gasteiger partial charge in [-0.3, -0.25) is 24.8 Å². The number of carbonyl (C=O) groups is 3. The second-order valence-corrected chi connectivity index (χ2v) is 16.5. The number of nitrogens with one attached hydrogen (secondary N) is 4. The molecule has 17 heteroatoms. The van der Waals surface area contributed by atoms with Gasteiger partial charge in [-0.15, -0.1) is 5.10 Å². The van der Waals surface area contributed by atoms with Crippen molar-refractivity contribution in [2.75, 3.05) is 5.32 Å². The van der Waals surface area contributed by atoms with Crippen molar-refractivity contribution in [1.82, 2.24) is 40.4 Å². The first-order valence-corrected chi connectivity index (χ1v) is 20.0. The smallest absolute Gasteiger partial charge is 0.251 e. The van der Waals surface area contributed by atoms with Crippen molar-refractivity contribution in [3.8, 4) is 17.0 Å². The summed E-state index contributed by atoms with van der Waals surface area (Å²) < 4.78 is 50.4. The minimum absolute atomic E-state index is 0.0161. The molecule has 2 fully saturated rings. The minimum Gasteiger partial charge on any atom is -0.485 e. The van der Waals surface area contributed by atoms with Gasteiger partial charge < -0.3 is 15.4 Å². The van der Waals surface area contributed by atoms with Crippen molar-refractivity contribution in [2.45, 2.75) is 73.8 Å². The Kier molecular flexibility index (Phi) is 9.99. The molecule has 1 saturated carbocycles. The molecule has 1 aliphatic carbocycles. The van der Waals surface area contributed by atoms with E-state index in [0.717, 1.165) is 30.0 Å². The highest BCUT2D eigenvalue weighted by atomic mass is 32.2. The quantitative estimate of drug-likeness (QED) is 0.117. The Labute approximate surface area is 326 Å². The van der Waals surface area contributed by atoms with Gasteiger partial charge in [-0.25, -0.2) is 17.8 Å². The monoisotopic (exact) mass is 791 g/mol. The molecular formula is C40H38FN9O6S. The third-order valence-electron chi connectivity index (χ3n) is 10.1. The number of hydrogen-bond acceptors (Lipinski definition) is 11. The Morgan fingerprint density at radius 3 is 2.56 bits per heavy atom. The molecule has 6 aromatic rings. The maximum Gasteiger partial charge on any atom is 0.251 e. The third-order valence-corrected chi connectivity index (χ3v) is 11.9. The Morgan fingerprint density at radius 2 is 1.84 bits per heavy atom. The fraction of sp³-hybridized carbons (Fsp3) is 0.275. The molecule has 8 rings (SSSR count). The van der Waals surface area contributed by atoms with Gasteiger partial charge in [0.05, 0.1) is 27.8 Å². The number of fused-ring (bicyclic) bond motifs is 1. The number of piperidine rings is 1. The van der Waals surface area contributed by atoms with E-state index in [1.165, 1.54) is 29.0 Å². The zero-order valence-corrected chi connectivity index (χ0v) is 31.7. The number of sulfone groups is 1. The lowest BCUT2D eigenvalue weighted by atomic mass is 9.69. The summed E-state index contributed by atoms with van der Waals surface area (Å²) in [5, 5.41) is 18.9. The number of anilines is 2. The average Bonchev–Trinajstić information content (AvgIpc) is 3.86. The van der Waals surface area contributed by atoms with E-state index in [4.69, 9.17) is 4.74 Å². The number of aromatic amines is 1. The number of aromatic nitrogens is 6. The molecule has 2 aliphatic rings. The Hall–Kier alpha value is -6.49. The van der Waals surface area contributed by atoms with Crippen LogP contribution in [0.1, 0.15) is 66.9 Å². The predicted molar refractivity (Wildman–Crippen MR) is 205 cm³/mol. The number of amides is 3. The van der Waals surface area contributed by atoms with Gasteiger partial charge >= 0.3 is 0 Å². The molecule has 1 atom stereocenters. The molecule has 0 radical (unpaired) electrons.